The van der Waals surface area contributed by atoms with E-state index in [-0.39, 0.29) is 0 Å². The smallest absolute Gasteiger partial charge is 0.0456 e. The molecule has 2 rings (SSSR count). The summed E-state index contributed by atoms with van der Waals surface area (Å²) in [5.74, 6) is 0. The van der Waals surface area contributed by atoms with E-state index in [4.69, 9.17) is 12.2 Å². The minimum Gasteiger partial charge on any atom is -0.258 e. The Bertz CT molecular complexity index is 546. The molecule has 1 heterocycles. The van der Waals surface area contributed by atoms with Crippen LogP contribution >= 0.6 is 12.2 Å². The lowest BCUT2D eigenvalue weighted by Crippen LogP contribution is -2.06. The summed E-state index contributed by atoms with van der Waals surface area (Å²) >= 11 is 5.45. The fourth-order valence-electron chi connectivity index (χ4n) is 1.87. The van der Waals surface area contributed by atoms with Gasteiger partial charge in [0.05, 0.1) is 0 Å². The quantitative estimate of drug-likeness (QED) is 0.770. The lowest BCUT2D eigenvalue weighted by atomic mass is 10.1. The average molecular weight is 255 g/mol. The largest absolute Gasteiger partial charge is 0.258 e. The Kier molecular flexibility index (Phi) is 4.21. The third-order valence-electron chi connectivity index (χ3n) is 3.03. The molecule has 0 fully saturated rings. The molecule has 0 N–H and O–H groups in total. The molecule has 0 aliphatic rings. The van der Waals surface area contributed by atoms with Crippen molar-refractivity contribution >= 4 is 17.1 Å². The van der Waals surface area contributed by atoms with Crippen LogP contribution in [0.5, 0.6) is 0 Å². The average Bonchev–Trinajstić information content (AvgIpc) is 2.35. The number of aryl methyl sites for hydroxylation is 2. The molecule has 2 aromatic rings. The van der Waals surface area contributed by atoms with E-state index in [9.17, 15) is 0 Å². The van der Waals surface area contributed by atoms with Crippen molar-refractivity contribution < 1.29 is 0 Å². The van der Waals surface area contributed by atoms with Crippen molar-refractivity contribution in [2.45, 2.75) is 26.7 Å². The first-order valence-corrected chi connectivity index (χ1v) is 6.55. The molecular weight excluding hydrogens is 238 g/mol. The Labute approximate surface area is 114 Å². The summed E-state index contributed by atoms with van der Waals surface area (Å²) in [5, 5.41) is 0. The monoisotopic (exact) mass is 255 g/mol. The van der Waals surface area contributed by atoms with Crippen LogP contribution in [0.4, 0.5) is 0 Å². The van der Waals surface area contributed by atoms with Gasteiger partial charge in [-0.3, -0.25) is 4.98 Å². The highest BCUT2D eigenvalue weighted by Crippen LogP contribution is 2.09. The summed E-state index contributed by atoms with van der Waals surface area (Å²) < 4.78 is 0. The maximum Gasteiger partial charge on any atom is 0.0456 e. The second-order valence-corrected chi connectivity index (χ2v) is 5.16. The molecule has 0 unspecified atom stereocenters. The van der Waals surface area contributed by atoms with Crippen LogP contribution in [-0.2, 0) is 12.8 Å². The minimum atomic E-state index is 0.783. The Morgan fingerprint density at radius 2 is 1.72 bits per heavy atom. The van der Waals surface area contributed by atoms with Crippen molar-refractivity contribution in [3.63, 3.8) is 0 Å². The number of benzene rings is 1. The summed E-state index contributed by atoms with van der Waals surface area (Å²) in [7, 11) is 0. The molecule has 0 atom stereocenters. The van der Waals surface area contributed by atoms with E-state index >= 15 is 0 Å². The lowest BCUT2D eigenvalue weighted by Gasteiger charge is -2.06. The van der Waals surface area contributed by atoms with Crippen LogP contribution < -0.4 is 0 Å². The first-order chi connectivity index (χ1) is 8.65. The summed E-state index contributed by atoms with van der Waals surface area (Å²) in [6, 6.07) is 14.5. The summed E-state index contributed by atoms with van der Waals surface area (Å²) in [6.07, 6.45) is 1.64. The molecule has 0 spiro atoms. The van der Waals surface area contributed by atoms with Gasteiger partial charge >= 0.3 is 0 Å². The van der Waals surface area contributed by atoms with Gasteiger partial charge in [0.2, 0.25) is 0 Å². The van der Waals surface area contributed by atoms with E-state index in [0.29, 0.717) is 0 Å². The van der Waals surface area contributed by atoms with Gasteiger partial charge in [-0.2, -0.15) is 0 Å². The maximum absolute atomic E-state index is 5.45. The van der Waals surface area contributed by atoms with Crippen LogP contribution in [0.3, 0.4) is 0 Å². The zero-order valence-corrected chi connectivity index (χ0v) is 11.6. The van der Waals surface area contributed by atoms with Crippen LogP contribution in [-0.4, -0.2) is 9.85 Å². The highest BCUT2D eigenvalue weighted by molar-refractivity contribution is 7.80. The van der Waals surface area contributed by atoms with Crippen LogP contribution in [0.25, 0.3) is 0 Å². The van der Waals surface area contributed by atoms with Crippen molar-refractivity contribution in [3.8, 4) is 0 Å². The lowest BCUT2D eigenvalue weighted by molar-refractivity contribution is 1.05. The highest BCUT2D eigenvalue weighted by Gasteiger charge is 2.03. The highest BCUT2D eigenvalue weighted by atomic mass is 32.1. The van der Waals surface area contributed by atoms with Crippen molar-refractivity contribution in [2.24, 2.45) is 0 Å². The van der Waals surface area contributed by atoms with Crippen LogP contribution in [0.2, 0.25) is 0 Å². The molecule has 0 amide bonds. The van der Waals surface area contributed by atoms with Gasteiger partial charge < -0.3 is 0 Å². The fourth-order valence-corrected chi connectivity index (χ4v) is 2.18. The van der Waals surface area contributed by atoms with Gasteiger partial charge in [0.15, 0.2) is 0 Å². The molecule has 2 heteroatoms. The molecule has 1 nitrogen and oxygen atoms in total. The van der Waals surface area contributed by atoms with Crippen molar-refractivity contribution in [3.05, 3.63) is 65.0 Å². The molecule has 0 aliphatic carbocycles. The van der Waals surface area contributed by atoms with Gasteiger partial charge in [0.1, 0.15) is 0 Å². The molecule has 18 heavy (non-hydrogen) atoms. The topological polar surface area (TPSA) is 12.9 Å². The molecule has 0 bridgehead atoms. The van der Waals surface area contributed by atoms with Crippen LogP contribution in [0.1, 0.15) is 22.5 Å². The molecule has 0 saturated heterocycles. The predicted octanol–water partition coefficient (Wildman–Crippen LogP) is 3.85. The van der Waals surface area contributed by atoms with E-state index in [2.05, 4.69) is 36.2 Å². The van der Waals surface area contributed by atoms with Gasteiger partial charge in [-0.15, -0.1) is 0 Å². The van der Waals surface area contributed by atoms with Gasteiger partial charge in [-0.25, -0.2) is 0 Å². The molecule has 0 saturated carbocycles. The van der Waals surface area contributed by atoms with E-state index < -0.39 is 0 Å². The van der Waals surface area contributed by atoms with Crippen LogP contribution in [0.15, 0.2) is 42.5 Å². The Morgan fingerprint density at radius 3 is 2.39 bits per heavy atom. The number of thiocarbonyl (C=S) groups is 1. The van der Waals surface area contributed by atoms with Gasteiger partial charge in [-0.1, -0.05) is 48.6 Å². The molecule has 1 aromatic heterocycles. The first kappa shape index (κ1) is 12.9. The van der Waals surface area contributed by atoms with Crippen LogP contribution in [0, 0.1) is 13.8 Å². The predicted molar refractivity (Wildman–Crippen MR) is 80.2 cm³/mol. The second-order valence-electron chi connectivity index (χ2n) is 4.58. The normalized spacial score (nSPS) is 10.3. The zero-order valence-electron chi connectivity index (χ0n) is 10.8. The third-order valence-corrected chi connectivity index (χ3v) is 3.32. The van der Waals surface area contributed by atoms with Gasteiger partial charge in [0, 0.05) is 29.1 Å². The minimum absolute atomic E-state index is 0.783. The summed E-state index contributed by atoms with van der Waals surface area (Å²) in [4.78, 5) is 5.61. The number of pyridine rings is 1. The molecule has 0 radical (unpaired) electrons. The number of aromatic nitrogens is 1. The molecule has 0 aliphatic heterocycles. The first-order valence-electron chi connectivity index (χ1n) is 6.14. The fraction of sp³-hybridized carbons (Fsp3) is 0.250. The van der Waals surface area contributed by atoms with E-state index in [1.807, 2.05) is 25.1 Å². The zero-order chi connectivity index (χ0) is 13.0. The summed E-state index contributed by atoms with van der Waals surface area (Å²) in [5.41, 5.74) is 4.66. The standard InChI is InChI=1S/C16H17NS/c1-12-8-9-15(17-13(12)2)11-16(18)10-14-6-4-3-5-7-14/h3-9H,10-11H2,1-2H3. The van der Waals surface area contributed by atoms with Gasteiger partial charge in [-0.05, 0) is 31.0 Å². The Morgan fingerprint density at radius 1 is 1.00 bits per heavy atom. The summed E-state index contributed by atoms with van der Waals surface area (Å²) in [6.45, 7) is 4.12. The molecule has 92 valence electrons. The SMILES string of the molecule is Cc1ccc(CC(=S)Cc2ccccc2)nc1C. The van der Waals surface area contributed by atoms with Crippen molar-refractivity contribution in [1.82, 2.24) is 4.98 Å². The number of rotatable bonds is 4. The van der Waals surface area contributed by atoms with E-state index in [0.717, 1.165) is 29.1 Å². The maximum atomic E-state index is 5.45. The van der Waals surface area contributed by atoms with Crippen molar-refractivity contribution in [2.75, 3.05) is 0 Å². The molecular formula is C16H17NS. The Balaban J connectivity index is 2.01. The van der Waals surface area contributed by atoms with Gasteiger partial charge in [0.25, 0.3) is 0 Å². The third kappa shape index (κ3) is 3.47. The molecule has 1 aromatic carbocycles. The number of hydrogen-bond acceptors (Lipinski definition) is 2. The van der Waals surface area contributed by atoms with E-state index in [1.54, 1.807) is 0 Å². The van der Waals surface area contributed by atoms with Crippen molar-refractivity contribution in [1.29, 1.82) is 0 Å². The number of hydrogen-bond donors (Lipinski definition) is 0. The number of nitrogens with zero attached hydrogens (tertiary/aromatic N) is 1. The van der Waals surface area contributed by atoms with E-state index in [1.165, 1.54) is 11.1 Å². The second kappa shape index (κ2) is 5.87. The Hall–Kier alpha value is -1.54.